The Morgan fingerprint density at radius 2 is 1.84 bits per heavy atom. The van der Waals surface area contributed by atoms with E-state index in [2.05, 4.69) is 62.0 Å². The van der Waals surface area contributed by atoms with Gasteiger partial charge in [-0.3, -0.25) is 0 Å². The maximum Gasteiger partial charge on any atom is 0.213 e. The molecule has 3 aromatic rings. The largest absolute Gasteiger partial charge is 0.494 e. The van der Waals surface area contributed by atoms with Crippen molar-refractivity contribution in [2.24, 2.45) is 5.10 Å². The number of ether oxygens (including phenoxy) is 2. The molecule has 0 radical (unpaired) electrons. The van der Waals surface area contributed by atoms with E-state index >= 15 is 0 Å². The maximum atomic E-state index is 6.53. The zero-order valence-corrected chi connectivity index (χ0v) is 21.3. The van der Waals surface area contributed by atoms with Crippen molar-refractivity contribution < 1.29 is 9.47 Å². The third-order valence-corrected chi connectivity index (χ3v) is 6.92. The summed E-state index contributed by atoms with van der Waals surface area (Å²) in [4.78, 5) is 0. The molecule has 0 aromatic heterocycles. The maximum absolute atomic E-state index is 6.53. The lowest BCUT2D eigenvalue weighted by Crippen LogP contribution is -2.33. The van der Waals surface area contributed by atoms with Crippen LogP contribution in [-0.2, 0) is 0 Å². The third-order valence-electron chi connectivity index (χ3n) is 5.62. The van der Waals surface area contributed by atoms with Gasteiger partial charge in [-0.25, -0.2) is 5.01 Å². The number of nitrogens with zero attached hydrogens (tertiary/aromatic N) is 2. The predicted molar refractivity (Wildman–Crippen MR) is 135 cm³/mol. The van der Waals surface area contributed by atoms with Crippen molar-refractivity contribution in [2.45, 2.75) is 32.0 Å². The molecule has 164 valence electrons. The highest BCUT2D eigenvalue weighted by Crippen LogP contribution is 2.51. The Bertz CT molecular complexity index is 1170. The molecule has 0 amide bonds. The van der Waals surface area contributed by atoms with Crippen LogP contribution in [0.2, 0.25) is 5.02 Å². The summed E-state index contributed by atoms with van der Waals surface area (Å²) < 4.78 is 14.2. The molecule has 7 heteroatoms. The predicted octanol–water partition coefficient (Wildman–Crippen LogP) is 7.90. The number of hydrogen-bond donors (Lipinski definition) is 0. The van der Waals surface area contributed by atoms with Gasteiger partial charge in [0.15, 0.2) is 0 Å². The van der Waals surface area contributed by atoms with Crippen LogP contribution in [0.15, 0.2) is 74.7 Å². The van der Waals surface area contributed by atoms with E-state index in [4.69, 9.17) is 26.2 Å². The highest BCUT2D eigenvalue weighted by Gasteiger charge is 2.42. The van der Waals surface area contributed by atoms with Gasteiger partial charge in [-0.1, -0.05) is 46.6 Å². The normalized spacial score (nSPS) is 19.1. The van der Waals surface area contributed by atoms with Crippen molar-refractivity contribution in [3.8, 4) is 11.5 Å². The fourth-order valence-electron chi connectivity index (χ4n) is 4.10. The van der Waals surface area contributed by atoms with Gasteiger partial charge in [-0.2, -0.15) is 5.10 Å². The van der Waals surface area contributed by atoms with Crippen LogP contribution in [0.4, 0.5) is 0 Å². The first-order chi connectivity index (χ1) is 15.5. The lowest BCUT2D eigenvalue weighted by atomic mass is 9.96. The Morgan fingerprint density at radius 1 is 1.09 bits per heavy atom. The number of hydrogen-bond acceptors (Lipinski definition) is 4. The Labute approximate surface area is 209 Å². The number of benzene rings is 3. The zero-order chi connectivity index (χ0) is 22.2. The number of hydrazone groups is 1. The first kappa shape index (κ1) is 21.8. The highest BCUT2D eigenvalue weighted by molar-refractivity contribution is 9.11. The molecular formula is C25H21Br2ClN2O2. The summed E-state index contributed by atoms with van der Waals surface area (Å²) in [5.74, 6) is 1.72. The molecule has 0 N–H and O–H groups in total. The summed E-state index contributed by atoms with van der Waals surface area (Å²) in [6, 6.07) is 20.2. The van der Waals surface area contributed by atoms with E-state index in [0.29, 0.717) is 6.61 Å². The van der Waals surface area contributed by atoms with Crippen molar-refractivity contribution in [2.75, 3.05) is 6.61 Å². The van der Waals surface area contributed by atoms with Gasteiger partial charge in [0.05, 0.1) is 22.8 Å². The van der Waals surface area contributed by atoms with Crippen LogP contribution in [-0.4, -0.2) is 17.3 Å². The first-order valence-electron chi connectivity index (χ1n) is 10.5. The second kappa shape index (κ2) is 9.08. The Kier molecular flexibility index (Phi) is 6.19. The van der Waals surface area contributed by atoms with Crippen molar-refractivity contribution >= 4 is 49.2 Å². The number of halogens is 3. The van der Waals surface area contributed by atoms with Crippen molar-refractivity contribution in [1.29, 1.82) is 0 Å². The second-order valence-corrected chi connectivity index (χ2v) is 10.1. The first-order valence-corrected chi connectivity index (χ1v) is 12.5. The summed E-state index contributed by atoms with van der Waals surface area (Å²) in [5.41, 5.74) is 4.23. The quantitative estimate of drug-likeness (QED) is 0.310. The van der Waals surface area contributed by atoms with Crippen molar-refractivity contribution in [3.63, 3.8) is 0 Å². The molecule has 0 unspecified atom stereocenters. The summed E-state index contributed by atoms with van der Waals surface area (Å²) in [6.07, 6.45) is 1.43. The fourth-order valence-corrected chi connectivity index (χ4v) is 5.58. The minimum Gasteiger partial charge on any atom is -0.494 e. The zero-order valence-electron chi connectivity index (χ0n) is 17.4. The summed E-state index contributed by atoms with van der Waals surface area (Å²) in [6.45, 7) is 2.80. The van der Waals surface area contributed by atoms with Gasteiger partial charge in [0, 0.05) is 27.0 Å². The van der Waals surface area contributed by atoms with Crippen LogP contribution in [0.25, 0.3) is 0 Å². The highest BCUT2D eigenvalue weighted by atomic mass is 79.9. The summed E-state index contributed by atoms with van der Waals surface area (Å²) in [7, 11) is 0. The van der Waals surface area contributed by atoms with Crippen LogP contribution in [0.1, 0.15) is 48.7 Å². The van der Waals surface area contributed by atoms with Gasteiger partial charge in [-0.05, 0) is 76.4 Å². The Morgan fingerprint density at radius 3 is 2.56 bits per heavy atom. The van der Waals surface area contributed by atoms with E-state index in [1.54, 1.807) is 0 Å². The van der Waals surface area contributed by atoms with Crippen LogP contribution in [0, 0.1) is 0 Å². The average molecular weight is 577 g/mol. The molecule has 2 heterocycles. The van der Waals surface area contributed by atoms with Gasteiger partial charge >= 0.3 is 0 Å². The van der Waals surface area contributed by atoms with Crippen molar-refractivity contribution in [1.82, 2.24) is 5.01 Å². The average Bonchev–Trinajstić information content (AvgIpc) is 3.24. The Balaban J connectivity index is 1.54. The molecule has 2 aliphatic heterocycles. The molecule has 0 bridgehead atoms. The van der Waals surface area contributed by atoms with E-state index in [0.717, 1.165) is 60.7 Å². The molecule has 32 heavy (non-hydrogen) atoms. The van der Waals surface area contributed by atoms with E-state index in [1.165, 1.54) is 0 Å². The van der Waals surface area contributed by atoms with Crippen molar-refractivity contribution in [3.05, 3.63) is 91.3 Å². The SMILES string of the molecule is CCCOc1ccc([C@H]2Oc3c(Br)cc(Br)cc3[C@@H]3CC(c4ccc(Cl)cc4)=NN23)cc1. The fraction of sp³-hybridized carbons (Fsp3) is 0.240. The van der Waals surface area contributed by atoms with Crippen LogP contribution in [0.5, 0.6) is 11.5 Å². The minimum absolute atomic E-state index is 0.0687. The van der Waals surface area contributed by atoms with E-state index in [-0.39, 0.29) is 12.3 Å². The van der Waals surface area contributed by atoms with Gasteiger partial charge in [0.25, 0.3) is 0 Å². The van der Waals surface area contributed by atoms with Crippen LogP contribution < -0.4 is 9.47 Å². The molecule has 0 spiro atoms. The molecule has 2 atom stereocenters. The molecule has 4 nitrogen and oxygen atoms in total. The molecule has 5 rings (SSSR count). The molecule has 2 aliphatic rings. The molecule has 0 aliphatic carbocycles. The van der Waals surface area contributed by atoms with E-state index < -0.39 is 0 Å². The van der Waals surface area contributed by atoms with Crippen LogP contribution >= 0.6 is 43.5 Å². The summed E-state index contributed by atoms with van der Waals surface area (Å²) in [5, 5.41) is 7.81. The van der Waals surface area contributed by atoms with Gasteiger partial charge in [0.2, 0.25) is 6.23 Å². The standard InChI is InChI=1S/C25H21Br2ClN2O2/c1-2-11-31-19-9-5-16(6-10-19)25-30-23(20-12-17(26)13-21(27)24(20)32-25)14-22(29-30)15-3-7-18(28)8-4-15/h3-10,12-13,23,25H,2,11,14H2,1H3/t23-,25+/m0/s1. The lowest BCUT2D eigenvalue weighted by Gasteiger charge is -2.38. The monoisotopic (exact) mass is 574 g/mol. The van der Waals surface area contributed by atoms with Gasteiger partial charge in [-0.15, -0.1) is 0 Å². The van der Waals surface area contributed by atoms with Gasteiger partial charge in [0.1, 0.15) is 11.5 Å². The molecule has 0 fully saturated rings. The summed E-state index contributed by atoms with van der Waals surface area (Å²) >= 11 is 13.4. The molecule has 0 saturated carbocycles. The van der Waals surface area contributed by atoms with Gasteiger partial charge < -0.3 is 9.47 Å². The Hall–Kier alpha value is -2.02. The lowest BCUT2D eigenvalue weighted by molar-refractivity contribution is -0.0197. The van der Waals surface area contributed by atoms with E-state index in [9.17, 15) is 0 Å². The smallest absolute Gasteiger partial charge is 0.213 e. The molecule has 3 aromatic carbocycles. The topological polar surface area (TPSA) is 34.1 Å². The minimum atomic E-state index is -0.338. The number of fused-ring (bicyclic) bond motifs is 3. The second-order valence-electron chi connectivity index (χ2n) is 7.85. The van der Waals surface area contributed by atoms with E-state index in [1.807, 2.05) is 42.5 Å². The third kappa shape index (κ3) is 4.16. The number of rotatable bonds is 5. The molecule has 0 saturated heterocycles. The van der Waals surface area contributed by atoms with Crippen LogP contribution in [0.3, 0.4) is 0 Å². The molecular weight excluding hydrogens is 556 g/mol.